The van der Waals surface area contributed by atoms with Gasteiger partial charge in [0.2, 0.25) is 0 Å². The zero-order valence-electron chi connectivity index (χ0n) is 10.7. The van der Waals surface area contributed by atoms with Crippen molar-refractivity contribution in [2.24, 2.45) is 5.73 Å². The predicted octanol–water partition coefficient (Wildman–Crippen LogP) is 3.44. The molecule has 0 bridgehead atoms. The smallest absolute Gasteiger partial charge is 0.272 e. The van der Waals surface area contributed by atoms with E-state index in [0.29, 0.717) is 17.9 Å². The Morgan fingerprint density at radius 2 is 1.95 bits per heavy atom. The molecule has 0 aliphatic heterocycles. The van der Waals surface area contributed by atoms with Crippen LogP contribution in [0.2, 0.25) is 0 Å². The van der Waals surface area contributed by atoms with Crippen molar-refractivity contribution < 1.29 is 9.66 Å². The van der Waals surface area contributed by atoms with Gasteiger partial charge in [0, 0.05) is 11.6 Å². The summed E-state index contributed by atoms with van der Waals surface area (Å²) in [5.41, 5.74) is 6.16. The largest absolute Gasteiger partial charge is 0.494 e. The zero-order valence-corrected chi connectivity index (χ0v) is 10.7. The van der Waals surface area contributed by atoms with Crippen molar-refractivity contribution >= 4 is 5.69 Å². The van der Waals surface area contributed by atoms with Crippen LogP contribution in [-0.4, -0.2) is 18.1 Å². The van der Waals surface area contributed by atoms with E-state index in [9.17, 15) is 10.1 Å². The van der Waals surface area contributed by atoms with Gasteiger partial charge in [0.1, 0.15) is 5.75 Å². The van der Waals surface area contributed by atoms with Crippen molar-refractivity contribution in [3.63, 3.8) is 0 Å². The number of rotatable bonds is 8. The second-order valence-electron chi connectivity index (χ2n) is 4.26. The van der Waals surface area contributed by atoms with Gasteiger partial charge in [-0.25, -0.2) is 0 Å². The fourth-order valence-electron chi connectivity index (χ4n) is 1.71. The van der Waals surface area contributed by atoms with Crippen LogP contribution in [0.1, 0.15) is 38.7 Å². The lowest BCUT2D eigenvalue weighted by atomic mass is 10.2. The minimum absolute atomic E-state index is 0. The third-order valence-electron chi connectivity index (χ3n) is 2.73. The van der Waals surface area contributed by atoms with E-state index in [2.05, 4.69) is 0 Å². The number of benzene rings is 1. The first-order valence-electron chi connectivity index (χ1n) is 6.23. The van der Waals surface area contributed by atoms with Crippen LogP contribution in [-0.2, 0) is 0 Å². The van der Waals surface area contributed by atoms with Gasteiger partial charge in [0.15, 0.2) is 0 Å². The summed E-state index contributed by atoms with van der Waals surface area (Å²) in [7, 11) is 0. The van der Waals surface area contributed by atoms with Crippen molar-refractivity contribution in [1.82, 2.24) is 0 Å². The van der Waals surface area contributed by atoms with E-state index in [0.717, 1.165) is 32.2 Å². The van der Waals surface area contributed by atoms with Crippen molar-refractivity contribution in [2.45, 2.75) is 40.0 Å². The molecule has 2 N–H and O–H groups in total. The normalized spacial score (nSPS) is 9.79. The van der Waals surface area contributed by atoms with Gasteiger partial charge in [-0.15, -0.1) is 0 Å². The summed E-state index contributed by atoms with van der Waals surface area (Å²) in [6.45, 7) is 3.09. The molecule has 0 aromatic heterocycles. The number of hydrogen-bond acceptors (Lipinski definition) is 4. The Balaban J connectivity index is 0.00000324. The minimum Gasteiger partial charge on any atom is -0.494 e. The van der Waals surface area contributed by atoms with Gasteiger partial charge in [-0.3, -0.25) is 10.1 Å². The number of nitro groups is 1. The quantitative estimate of drug-likeness (QED) is 0.445. The maximum atomic E-state index is 10.6. The highest BCUT2D eigenvalue weighted by Gasteiger charge is 2.10. The molecule has 0 radical (unpaired) electrons. The monoisotopic (exact) mass is 268 g/mol. The fourth-order valence-corrected chi connectivity index (χ4v) is 1.71. The molecular weight excluding hydrogens is 244 g/mol. The van der Waals surface area contributed by atoms with E-state index >= 15 is 0 Å². The summed E-state index contributed by atoms with van der Waals surface area (Å²) in [5.74, 6) is 0.692. The maximum Gasteiger partial charge on any atom is 0.272 e. The standard InChI is InChI=1S/C13H20N2O3.CH4/c1-11-10-12(6-7-13(11)15(16)17)18-9-5-3-2-4-8-14;/h6-7,10H,2-5,8-9,14H2,1H3;1H4. The van der Waals surface area contributed by atoms with Gasteiger partial charge in [-0.2, -0.15) is 0 Å². The number of unbranched alkanes of at least 4 members (excludes halogenated alkanes) is 3. The highest BCUT2D eigenvalue weighted by molar-refractivity contribution is 5.44. The first-order valence-corrected chi connectivity index (χ1v) is 6.23. The molecule has 0 saturated carbocycles. The average Bonchev–Trinajstić information content (AvgIpc) is 2.33. The van der Waals surface area contributed by atoms with Gasteiger partial charge >= 0.3 is 0 Å². The molecule has 0 spiro atoms. The van der Waals surface area contributed by atoms with E-state index in [1.54, 1.807) is 19.1 Å². The van der Waals surface area contributed by atoms with Crippen LogP contribution >= 0.6 is 0 Å². The molecule has 19 heavy (non-hydrogen) atoms. The number of ether oxygens (including phenoxy) is 1. The molecule has 0 heterocycles. The molecular formula is C14H24N2O3. The maximum absolute atomic E-state index is 10.6. The van der Waals surface area contributed by atoms with E-state index < -0.39 is 0 Å². The van der Waals surface area contributed by atoms with Crippen LogP contribution in [0.4, 0.5) is 5.69 Å². The van der Waals surface area contributed by atoms with Gasteiger partial charge in [0.05, 0.1) is 11.5 Å². The lowest BCUT2D eigenvalue weighted by Gasteiger charge is -2.07. The second kappa shape index (κ2) is 9.33. The third kappa shape index (κ3) is 6.20. The van der Waals surface area contributed by atoms with Crippen molar-refractivity contribution in [1.29, 1.82) is 0 Å². The molecule has 0 atom stereocenters. The Hall–Kier alpha value is -1.62. The number of aryl methyl sites for hydroxylation is 1. The summed E-state index contributed by atoms with van der Waals surface area (Å²) in [6.07, 6.45) is 4.26. The molecule has 0 aliphatic carbocycles. The summed E-state index contributed by atoms with van der Waals surface area (Å²) in [5, 5.41) is 10.6. The molecule has 1 rings (SSSR count). The van der Waals surface area contributed by atoms with Crippen LogP contribution in [0, 0.1) is 17.0 Å². The van der Waals surface area contributed by atoms with Crippen LogP contribution in [0.15, 0.2) is 18.2 Å². The minimum atomic E-state index is -0.383. The lowest BCUT2D eigenvalue weighted by molar-refractivity contribution is -0.385. The zero-order chi connectivity index (χ0) is 13.4. The Morgan fingerprint density at radius 3 is 2.53 bits per heavy atom. The molecule has 1 aromatic carbocycles. The third-order valence-corrected chi connectivity index (χ3v) is 2.73. The summed E-state index contributed by atoms with van der Waals surface area (Å²) < 4.78 is 5.55. The van der Waals surface area contributed by atoms with Crippen molar-refractivity contribution in [2.75, 3.05) is 13.2 Å². The van der Waals surface area contributed by atoms with Crippen LogP contribution in [0.3, 0.4) is 0 Å². The van der Waals surface area contributed by atoms with Crippen LogP contribution < -0.4 is 10.5 Å². The first-order chi connectivity index (χ1) is 8.65. The Bertz CT molecular complexity index is 394. The van der Waals surface area contributed by atoms with Crippen LogP contribution in [0.25, 0.3) is 0 Å². The first kappa shape index (κ1) is 17.4. The molecule has 0 unspecified atom stereocenters. The molecule has 0 aliphatic rings. The van der Waals surface area contributed by atoms with E-state index in [1.165, 1.54) is 6.07 Å². The summed E-state index contributed by atoms with van der Waals surface area (Å²) in [6, 6.07) is 4.84. The Kier molecular flexibility index (Phi) is 8.53. The number of nitrogens with zero attached hydrogens (tertiary/aromatic N) is 1. The number of nitro benzene ring substituents is 1. The summed E-state index contributed by atoms with van der Waals surface area (Å²) >= 11 is 0. The van der Waals surface area contributed by atoms with Crippen LogP contribution in [0.5, 0.6) is 5.75 Å². The van der Waals surface area contributed by atoms with Gasteiger partial charge in [-0.05, 0) is 38.4 Å². The molecule has 5 nitrogen and oxygen atoms in total. The van der Waals surface area contributed by atoms with Gasteiger partial charge in [-0.1, -0.05) is 20.3 Å². The molecule has 1 aromatic rings. The molecule has 5 heteroatoms. The number of nitrogens with two attached hydrogens (primary N) is 1. The molecule has 0 fully saturated rings. The molecule has 0 amide bonds. The lowest BCUT2D eigenvalue weighted by Crippen LogP contribution is -2.01. The summed E-state index contributed by atoms with van der Waals surface area (Å²) in [4.78, 5) is 10.3. The Labute approximate surface area is 114 Å². The average molecular weight is 268 g/mol. The topological polar surface area (TPSA) is 78.4 Å². The van der Waals surface area contributed by atoms with Crippen molar-refractivity contribution in [3.05, 3.63) is 33.9 Å². The van der Waals surface area contributed by atoms with E-state index in [-0.39, 0.29) is 18.0 Å². The second-order valence-corrected chi connectivity index (χ2v) is 4.26. The Morgan fingerprint density at radius 1 is 1.26 bits per heavy atom. The fraction of sp³-hybridized carbons (Fsp3) is 0.571. The van der Waals surface area contributed by atoms with Gasteiger partial charge in [0.25, 0.3) is 5.69 Å². The van der Waals surface area contributed by atoms with Crippen molar-refractivity contribution in [3.8, 4) is 5.75 Å². The number of hydrogen-bond donors (Lipinski definition) is 1. The molecule has 0 saturated heterocycles. The predicted molar refractivity (Wildman–Crippen MR) is 77.6 cm³/mol. The van der Waals surface area contributed by atoms with Gasteiger partial charge < -0.3 is 10.5 Å². The highest BCUT2D eigenvalue weighted by Crippen LogP contribution is 2.23. The van der Waals surface area contributed by atoms with E-state index in [1.807, 2.05) is 0 Å². The highest BCUT2D eigenvalue weighted by atomic mass is 16.6. The SMILES string of the molecule is C.Cc1cc(OCCCCCCN)ccc1[N+](=O)[O-]. The molecule has 108 valence electrons. The van der Waals surface area contributed by atoms with E-state index in [4.69, 9.17) is 10.5 Å².